The number of aromatic nitrogens is 1. The lowest BCUT2D eigenvalue weighted by molar-refractivity contribution is 0.102. The van der Waals surface area contributed by atoms with E-state index in [-0.39, 0.29) is 11.5 Å². The van der Waals surface area contributed by atoms with Crippen LogP contribution in [0.2, 0.25) is 0 Å². The number of ketones is 1. The van der Waals surface area contributed by atoms with Crippen LogP contribution >= 0.6 is 12.6 Å². The molecule has 80 valence electrons. The Balaban J connectivity index is 2.40. The van der Waals surface area contributed by atoms with Crippen molar-refractivity contribution in [2.75, 3.05) is 5.75 Å². The Hall–Kier alpha value is -1.61. The zero-order chi connectivity index (χ0) is 11.4. The molecule has 0 saturated carbocycles. The second-order valence-electron chi connectivity index (χ2n) is 3.38. The van der Waals surface area contributed by atoms with Gasteiger partial charge in [-0.1, -0.05) is 24.3 Å². The molecule has 0 spiro atoms. The SMILES string of the molecule is O=C(CS)c1cccc(-c2ccccn2)c1. The van der Waals surface area contributed by atoms with E-state index in [0.29, 0.717) is 5.56 Å². The normalized spacial score (nSPS) is 10.1. The summed E-state index contributed by atoms with van der Waals surface area (Å²) < 4.78 is 0. The third kappa shape index (κ3) is 2.31. The van der Waals surface area contributed by atoms with Crippen molar-refractivity contribution in [2.45, 2.75) is 0 Å². The number of nitrogens with zero attached hydrogens (tertiary/aromatic N) is 1. The fourth-order valence-corrected chi connectivity index (χ4v) is 1.66. The number of rotatable bonds is 3. The van der Waals surface area contributed by atoms with Crippen LogP contribution in [0.5, 0.6) is 0 Å². The Morgan fingerprint density at radius 3 is 2.75 bits per heavy atom. The first-order valence-electron chi connectivity index (χ1n) is 4.97. The number of Topliss-reactive ketones (excluding diaryl/α,β-unsaturated/α-hetero) is 1. The molecule has 2 aromatic rings. The van der Waals surface area contributed by atoms with E-state index in [1.165, 1.54) is 0 Å². The molecule has 0 atom stereocenters. The van der Waals surface area contributed by atoms with E-state index in [1.54, 1.807) is 12.3 Å². The van der Waals surface area contributed by atoms with Crippen LogP contribution in [0.3, 0.4) is 0 Å². The average Bonchev–Trinajstić information content (AvgIpc) is 2.39. The van der Waals surface area contributed by atoms with Gasteiger partial charge in [0, 0.05) is 17.3 Å². The lowest BCUT2D eigenvalue weighted by Crippen LogP contribution is -2.00. The minimum absolute atomic E-state index is 0.0288. The molecule has 1 aromatic carbocycles. The summed E-state index contributed by atoms with van der Waals surface area (Å²) in [5.74, 6) is 0.257. The molecule has 1 aromatic heterocycles. The van der Waals surface area contributed by atoms with E-state index in [1.807, 2.05) is 36.4 Å². The first-order chi connectivity index (χ1) is 7.81. The molecule has 2 rings (SSSR count). The van der Waals surface area contributed by atoms with E-state index >= 15 is 0 Å². The molecule has 0 amide bonds. The minimum atomic E-state index is 0.0288. The monoisotopic (exact) mass is 229 g/mol. The van der Waals surface area contributed by atoms with Gasteiger partial charge in [-0.3, -0.25) is 9.78 Å². The molecule has 0 radical (unpaired) electrons. The Bertz CT molecular complexity index is 496. The fraction of sp³-hybridized carbons (Fsp3) is 0.0769. The Labute approximate surface area is 99.8 Å². The molecule has 0 aliphatic heterocycles. The number of hydrogen-bond donors (Lipinski definition) is 1. The lowest BCUT2D eigenvalue weighted by atomic mass is 10.1. The fourth-order valence-electron chi connectivity index (χ4n) is 1.48. The van der Waals surface area contributed by atoms with Gasteiger partial charge < -0.3 is 0 Å². The van der Waals surface area contributed by atoms with Crippen LogP contribution in [-0.4, -0.2) is 16.5 Å². The van der Waals surface area contributed by atoms with E-state index in [4.69, 9.17) is 0 Å². The molecule has 1 heterocycles. The molecular weight excluding hydrogens is 218 g/mol. The van der Waals surface area contributed by atoms with Gasteiger partial charge in [0.05, 0.1) is 11.4 Å². The van der Waals surface area contributed by atoms with Crippen molar-refractivity contribution in [3.8, 4) is 11.3 Å². The summed E-state index contributed by atoms with van der Waals surface area (Å²) in [6.07, 6.45) is 1.74. The van der Waals surface area contributed by atoms with E-state index in [2.05, 4.69) is 17.6 Å². The summed E-state index contributed by atoms with van der Waals surface area (Å²) in [7, 11) is 0. The van der Waals surface area contributed by atoms with Crippen molar-refractivity contribution in [1.29, 1.82) is 0 Å². The predicted octanol–water partition coefficient (Wildman–Crippen LogP) is 2.86. The number of hydrogen-bond acceptors (Lipinski definition) is 3. The van der Waals surface area contributed by atoms with Crippen molar-refractivity contribution in [3.63, 3.8) is 0 Å². The maximum absolute atomic E-state index is 11.5. The molecular formula is C13H11NOS. The summed E-state index contributed by atoms with van der Waals surface area (Å²) in [4.78, 5) is 15.7. The maximum atomic E-state index is 11.5. The van der Waals surface area contributed by atoms with Gasteiger partial charge in [-0.15, -0.1) is 0 Å². The standard InChI is InChI=1S/C13H11NOS/c15-13(9-16)11-5-3-4-10(8-11)12-6-1-2-7-14-12/h1-8,16H,9H2. The highest BCUT2D eigenvalue weighted by atomic mass is 32.1. The smallest absolute Gasteiger partial charge is 0.172 e. The first kappa shape index (κ1) is 10.9. The van der Waals surface area contributed by atoms with Gasteiger partial charge in [-0.25, -0.2) is 0 Å². The van der Waals surface area contributed by atoms with Crippen molar-refractivity contribution in [1.82, 2.24) is 4.98 Å². The van der Waals surface area contributed by atoms with Gasteiger partial charge in [0.2, 0.25) is 0 Å². The van der Waals surface area contributed by atoms with Gasteiger partial charge in [-0.2, -0.15) is 12.6 Å². The second kappa shape index (κ2) is 4.94. The molecule has 0 bridgehead atoms. The van der Waals surface area contributed by atoms with Gasteiger partial charge in [0.1, 0.15) is 0 Å². The van der Waals surface area contributed by atoms with Gasteiger partial charge in [0.25, 0.3) is 0 Å². The molecule has 0 fully saturated rings. The van der Waals surface area contributed by atoms with Crippen LogP contribution in [0, 0.1) is 0 Å². The lowest BCUT2D eigenvalue weighted by Gasteiger charge is -2.02. The third-order valence-electron chi connectivity index (χ3n) is 2.29. The second-order valence-corrected chi connectivity index (χ2v) is 3.69. The third-order valence-corrected chi connectivity index (χ3v) is 2.58. The Morgan fingerprint density at radius 2 is 2.06 bits per heavy atom. The highest BCUT2D eigenvalue weighted by Crippen LogP contribution is 2.18. The largest absolute Gasteiger partial charge is 0.293 e. The molecule has 0 aliphatic rings. The van der Waals surface area contributed by atoms with Crippen LogP contribution in [0.15, 0.2) is 48.7 Å². The molecule has 0 aliphatic carbocycles. The molecule has 0 saturated heterocycles. The quantitative estimate of drug-likeness (QED) is 0.648. The molecule has 2 nitrogen and oxygen atoms in total. The molecule has 0 N–H and O–H groups in total. The number of benzene rings is 1. The van der Waals surface area contributed by atoms with E-state index < -0.39 is 0 Å². The zero-order valence-corrected chi connectivity index (χ0v) is 9.52. The van der Waals surface area contributed by atoms with Gasteiger partial charge >= 0.3 is 0 Å². The summed E-state index contributed by atoms with van der Waals surface area (Å²) in [6.45, 7) is 0. The molecule has 3 heteroatoms. The van der Waals surface area contributed by atoms with E-state index in [0.717, 1.165) is 11.3 Å². The highest BCUT2D eigenvalue weighted by molar-refractivity contribution is 7.81. The van der Waals surface area contributed by atoms with Crippen LogP contribution in [0.1, 0.15) is 10.4 Å². The van der Waals surface area contributed by atoms with Gasteiger partial charge in [0.15, 0.2) is 5.78 Å². The van der Waals surface area contributed by atoms with Crippen molar-refractivity contribution in [3.05, 3.63) is 54.2 Å². The first-order valence-corrected chi connectivity index (χ1v) is 5.60. The summed E-state index contributed by atoms with van der Waals surface area (Å²) in [5.41, 5.74) is 2.50. The van der Waals surface area contributed by atoms with Crippen molar-refractivity contribution < 1.29 is 4.79 Å². The number of pyridine rings is 1. The number of carbonyl (C=O) groups excluding carboxylic acids is 1. The van der Waals surface area contributed by atoms with Crippen molar-refractivity contribution >= 4 is 18.4 Å². The topological polar surface area (TPSA) is 30.0 Å². The summed E-state index contributed by atoms with van der Waals surface area (Å²) >= 11 is 3.98. The van der Waals surface area contributed by atoms with Crippen LogP contribution < -0.4 is 0 Å². The predicted molar refractivity (Wildman–Crippen MR) is 67.9 cm³/mol. The van der Waals surface area contributed by atoms with Crippen LogP contribution in [-0.2, 0) is 0 Å². The Kier molecular flexibility index (Phi) is 3.37. The van der Waals surface area contributed by atoms with E-state index in [9.17, 15) is 4.79 Å². The zero-order valence-electron chi connectivity index (χ0n) is 8.63. The molecule has 16 heavy (non-hydrogen) atoms. The maximum Gasteiger partial charge on any atom is 0.172 e. The number of carbonyl (C=O) groups is 1. The number of thiol groups is 1. The Morgan fingerprint density at radius 1 is 1.19 bits per heavy atom. The van der Waals surface area contributed by atoms with Crippen LogP contribution in [0.4, 0.5) is 0 Å². The van der Waals surface area contributed by atoms with Gasteiger partial charge in [-0.05, 0) is 18.2 Å². The van der Waals surface area contributed by atoms with Crippen molar-refractivity contribution in [2.24, 2.45) is 0 Å². The summed E-state index contributed by atoms with van der Waals surface area (Å²) in [5, 5.41) is 0. The highest BCUT2D eigenvalue weighted by Gasteiger charge is 2.05. The minimum Gasteiger partial charge on any atom is -0.293 e. The van der Waals surface area contributed by atoms with Crippen LogP contribution in [0.25, 0.3) is 11.3 Å². The summed E-state index contributed by atoms with van der Waals surface area (Å²) in [6, 6.07) is 13.2. The average molecular weight is 229 g/mol. The molecule has 0 unspecified atom stereocenters.